The van der Waals surface area contributed by atoms with Crippen LogP contribution in [0.5, 0.6) is 0 Å². The highest BCUT2D eigenvalue weighted by Crippen LogP contribution is 2.28. The van der Waals surface area contributed by atoms with Crippen molar-refractivity contribution >= 4 is 17.6 Å². The number of rotatable bonds is 7. The number of benzene rings is 1. The van der Waals surface area contributed by atoms with Gasteiger partial charge in [-0.1, -0.05) is 25.1 Å². The Balaban J connectivity index is 2.01. The van der Waals surface area contributed by atoms with Gasteiger partial charge in [0.05, 0.1) is 6.54 Å². The van der Waals surface area contributed by atoms with Crippen molar-refractivity contribution in [3.8, 4) is 0 Å². The van der Waals surface area contributed by atoms with Crippen molar-refractivity contribution in [2.45, 2.75) is 45.2 Å². The lowest BCUT2D eigenvalue weighted by atomic mass is 10.1. The third kappa shape index (κ3) is 4.04. The molecule has 1 saturated carbocycles. The maximum atomic E-state index is 12.2. The molecule has 1 aliphatic carbocycles. The largest absolute Gasteiger partial charge is 0.480 e. The summed E-state index contributed by atoms with van der Waals surface area (Å²) in [5.41, 5.74) is 1.89. The number of carboxylic acids is 1. The summed E-state index contributed by atoms with van der Waals surface area (Å²) in [6.07, 6.45) is 2.78. The quantitative estimate of drug-likeness (QED) is 0.807. The van der Waals surface area contributed by atoms with Gasteiger partial charge in [0.25, 0.3) is 0 Å². The smallest absolute Gasteiger partial charge is 0.320 e. The Hall–Kier alpha value is -1.88. The summed E-state index contributed by atoms with van der Waals surface area (Å²) in [7, 11) is 0. The number of aliphatic carboxylic acids is 1. The summed E-state index contributed by atoms with van der Waals surface area (Å²) in [5.74, 6) is -1.04. The molecular weight excluding hydrogens is 268 g/mol. The predicted molar refractivity (Wildman–Crippen MR) is 81.3 cm³/mol. The van der Waals surface area contributed by atoms with Crippen LogP contribution in [0.3, 0.4) is 0 Å². The normalized spacial score (nSPS) is 15.8. The van der Waals surface area contributed by atoms with Gasteiger partial charge in [-0.2, -0.15) is 0 Å². The summed E-state index contributed by atoms with van der Waals surface area (Å²) in [6, 6.07) is 7.27. The average molecular weight is 290 g/mol. The maximum absolute atomic E-state index is 12.2. The van der Waals surface area contributed by atoms with Gasteiger partial charge in [0, 0.05) is 11.7 Å². The minimum atomic E-state index is -0.886. The van der Waals surface area contributed by atoms with Crippen molar-refractivity contribution in [3.05, 3.63) is 29.8 Å². The predicted octanol–water partition coefficient (Wildman–Crippen LogP) is 2.12. The highest BCUT2D eigenvalue weighted by molar-refractivity contribution is 5.93. The van der Waals surface area contributed by atoms with Gasteiger partial charge in [0.15, 0.2) is 0 Å². The van der Waals surface area contributed by atoms with Crippen LogP contribution >= 0.6 is 0 Å². The molecular formula is C16H22N2O3. The van der Waals surface area contributed by atoms with E-state index in [4.69, 9.17) is 5.11 Å². The van der Waals surface area contributed by atoms with Gasteiger partial charge in [0.1, 0.15) is 6.04 Å². The van der Waals surface area contributed by atoms with Crippen molar-refractivity contribution in [1.82, 2.24) is 4.90 Å². The molecule has 0 bridgehead atoms. The van der Waals surface area contributed by atoms with E-state index in [1.165, 1.54) is 0 Å². The Kier molecular flexibility index (Phi) is 4.96. The topological polar surface area (TPSA) is 69.6 Å². The van der Waals surface area contributed by atoms with Crippen molar-refractivity contribution in [2.24, 2.45) is 0 Å². The SMILES string of the molecule is CCc1ccccc1NC(=O)CN(C1CC1)C(C)C(=O)O. The molecule has 0 aliphatic heterocycles. The number of aryl methyl sites for hydroxylation is 1. The molecule has 0 heterocycles. The molecule has 5 heteroatoms. The number of carbonyl (C=O) groups excluding carboxylic acids is 1. The van der Waals surface area contributed by atoms with E-state index in [9.17, 15) is 9.59 Å². The highest BCUT2D eigenvalue weighted by atomic mass is 16.4. The van der Waals surface area contributed by atoms with Gasteiger partial charge < -0.3 is 10.4 Å². The molecule has 0 radical (unpaired) electrons. The van der Waals surface area contributed by atoms with Crippen LogP contribution in [0.1, 0.15) is 32.3 Å². The molecule has 5 nitrogen and oxygen atoms in total. The molecule has 1 aromatic carbocycles. The van der Waals surface area contributed by atoms with Gasteiger partial charge in [0.2, 0.25) is 5.91 Å². The molecule has 2 rings (SSSR count). The second kappa shape index (κ2) is 6.72. The number of anilines is 1. The van der Waals surface area contributed by atoms with Crippen molar-refractivity contribution in [3.63, 3.8) is 0 Å². The van der Waals surface area contributed by atoms with Gasteiger partial charge >= 0.3 is 5.97 Å². The first kappa shape index (κ1) is 15.5. The summed E-state index contributed by atoms with van der Waals surface area (Å²) < 4.78 is 0. The van der Waals surface area contributed by atoms with E-state index < -0.39 is 12.0 Å². The fraction of sp³-hybridized carbons (Fsp3) is 0.500. The summed E-state index contributed by atoms with van der Waals surface area (Å²) in [4.78, 5) is 25.1. The van der Waals surface area contributed by atoms with Crippen LogP contribution < -0.4 is 5.32 Å². The van der Waals surface area contributed by atoms with Crippen molar-refractivity contribution < 1.29 is 14.7 Å². The summed E-state index contributed by atoms with van der Waals surface area (Å²) >= 11 is 0. The van der Waals surface area contributed by atoms with Crippen LogP contribution in [0.2, 0.25) is 0 Å². The lowest BCUT2D eigenvalue weighted by molar-refractivity contribution is -0.143. The van der Waals surface area contributed by atoms with Gasteiger partial charge in [-0.05, 0) is 37.8 Å². The molecule has 0 spiro atoms. The zero-order chi connectivity index (χ0) is 15.4. The first-order chi connectivity index (χ1) is 10.0. The molecule has 114 valence electrons. The number of carbonyl (C=O) groups is 2. The molecule has 1 aliphatic rings. The number of hydrogen-bond donors (Lipinski definition) is 2. The van der Waals surface area contributed by atoms with E-state index in [-0.39, 0.29) is 18.5 Å². The third-order valence-corrected chi connectivity index (χ3v) is 3.87. The van der Waals surface area contributed by atoms with Crippen molar-refractivity contribution in [1.29, 1.82) is 0 Å². The van der Waals surface area contributed by atoms with E-state index in [2.05, 4.69) is 5.32 Å². The second-order valence-electron chi connectivity index (χ2n) is 5.48. The van der Waals surface area contributed by atoms with E-state index >= 15 is 0 Å². The van der Waals surface area contributed by atoms with E-state index in [1.807, 2.05) is 31.2 Å². The minimum Gasteiger partial charge on any atom is -0.480 e. The Bertz CT molecular complexity index is 526. The van der Waals surface area contributed by atoms with Crippen LogP contribution in [0, 0.1) is 0 Å². The molecule has 1 amide bonds. The lowest BCUT2D eigenvalue weighted by Gasteiger charge is -2.25. The number of nitrogens with one attached hydrogen (secondary N) is 1. The number of para-hydroxylation sites is 1. The number of amides is 1. The monoisotopic (exact) mass is 290 g/mol. The van der Waals surface area contributed by atoms with Gasteiger partial charge in [-0.25, -0.2) is 0 Å². The van der Waals surface area contributed by atoms with Crippen LogP contribution in [0.25, 0.3) is 0 Å². The van der Waals surface area contributed by atoms with Crippen LogP contribution in [0.4, 0.5) is 5.69 Å². The zero-order valence-electron chi connectivity index (χ0n) is 12.5. The fourth-order valence-corrected chi connectivity index (χ4v) is 2.44. The van der Waals surface area contributed by atoms with E-state index in [1.54, 1.807) is 11.8 Å². The average Bonchev–Trinajstić information content (AvgIpc) is 3.29. The zero-order valence-corrected chi connectivity index (χ0v) is 12.5. The van der Waals surface area contributed by atoms with Crippen molar-refractivity contribution in [2.75, 3.05) is 11.9 Å². The highest BCUT2D eigenvalue weighted by Gasteiger charge is 2.36. The molecule has 1 atom stereocenters. The van der Waals surface area contributed by atoms with Gasteiger partial charge in [-0.3, -0.25) is 14.5 Å². The number of carboxylic acid groups (broad SMARTS) is 1. The minimum absolute atomic E-state index is 0.121. The van der Waals surface area contributed by atoms with Crippen LogP contribution in [-0.4, -0.2) is 40.5 Å². The first-order valence-electron chi connectivity index (χ1n) is 7.39. The van der Waals surface area contributed by atoms with E-state index in [0.717, 1.165) is 30.5 Å². The Morgan fingerprint density at radius 1 is 1.38 bits per heavy atom. The molecule has 1 fully saturated rings. The Labute approximate surface area is 125 Å². The van der Waals surface area contributed by atoms with Gasteiger partial charge in [-0.15, -0.1) is 0 Å². The summed E-state index contributed by atoms with van der Waals surface area (Å²) in [6.45, 7) is 3.79. The number of nitrogens with zero attached hydrogens (tertiary/aromatic N) is 1. The number of hydrogen-bond acceptors (Lipinski definition) is 3. The summed E-state index contributed by atoms with van der Waals surface area (Å²) in [5, 5.41) is 12.0. The molecule has 0 aromatic heterocycles. The maximum Gasteiger partial charge on any atom is 0.320 e. The molecule has 1 aromatic rings. The fourth-order valence-electron chi connectivity index (χ4n) is 2.44. The second-order valence-corrected chi connectivity index (χ2v) is 5.48. The lowest BCUT2D eigenvalue weighted by Crippen LogP contribution is -2.44. The molecule has 2 N–H and O–H groups in total. The molecule has 0 saturated heterocycles. The van der Waals surface area contributed by atoms with E-state index in [0.29, 0.717) is 0 Å². The molecule has 1 unspecified atom stereocenters. The first-order valence-corrected chi connectivity index (χ1v) is 7.39. The Morgan fingerprint density at radius 3 is 2.62 bits per heavy atom. The third-order valence-electron chi connectivity index (χ3n) is 3.87. The Morgan fingerprint density at radius 2 is 2.05 bits per heavy atom. The molecule has 21 heavy (non-hydrogen) atoms. The van der Waals surface area contributed by atoms with Crippen LogP contribution in [0.15, 0.2) is 24.3 Å². The van der Waals surface area contributed by atoms with Crippen LogP contribution in [-0.2, 0) is 16.0 Å². The standard InChI is InChI=1S/C16H22N2O3/c1-3-12-6-4-5-7-14(12)17-15(19)10-18(13-8-9-13)11(2)16(20)21/h4-7,11,13H,3,8-10H2,1-2H3,(H,17,19)(H,20,21).